The second-order valence-corrected chi connectivity index (χ2v) is 3.01. The zero-order valence-corrected chi connectivity index (χ0v) is 8.81. The molecule has 0 aliphatic heterocycles. The lowest BCUT2D eigenvalue weighted by Gasteiger charge is -2.10. The van der Waals surface area contributed by atoms with Gasteiger partial charge < -0.3 is 10.1 Å². The summed E-state index contributed by atoms with van der Waals surface area (Å²) >= 11 is 0. The van der Waals surface area contributed by atoms with Crippen molar-refractivity contribution in [2.45, 2.75) is 13.0 Å². The summed E-state index contributed by atoms with van der Waals surface area (Å²) in [6.45, 7) is 1.62. The molecule has 0 aliphatic carbocycles. The number of amides is 1. The highest BCUT2D eigenvalue weighted by Gasteiger charge is 2.16. The summed E-state index contributed by atoms with van der Waals surface area (Å²) in [5.41, 5.74) is 0.328. The van der Waals surface area contributed by atoms with E-state index < -0.39 is 6.10 Å². The van der Waals surface area contributed by atoms with Crippen LogP contribution in [0.2, 0.25) is 0 Å². The monoisotopic (exact) mass is 208 g/mol. The van der Waals surface area contributed by atoms with Crippen LogP contribution < -0.4 is 5.32 Å². The molecular weight excluding hydrogens is 196 g/mol. The molecule has 0 aliphatic rings. The van der Waals surface area contributed by atoms with Gasteiger partial charge in [0.1, 0.15) is 23.6 Å². The average molecular weight is 208 g/mol. The first-order valence-electron chi connectivity index (χ1n) is 4.36. The van der Waals surface area contributed by atoms with E-state index in [1.165, 1.54) is 18.0 Å². The summed E-state index contributed by atoms with van der Waals surface area (Å²) in [6, 6.07) is 1.94. The van der Waals surface area contributed by atoms with Crippen molar-refractivity contribution in [3.8, 4) is 6.07 Å². The molecule has 1 atom stereocenters. The fourth-order valence-corrected chi connectivity index (χ4v) is 0.993. The summed E-state index contributed by atoms with van der Waals surface area (Å²) in [4.78, 5) is 11.5. The van der Waals surface area contributed by atoms with Crippen LogP contribution in [-0.4, -0.2) is 28.9 Å². The van der Waals surface area contributed by atoms with Crippen LogP contribution in [0.1, 0.15) is 12.5 Å². The normalized spacial score (nSPS) is 11.9. The average Bonchev–Trinajstić information content (AvgIpc) is 2.59. The second-order valence-electron chi connectivity index (χ2n) is 3.01. The van der Waals surface area contributed by atoms with Gasteiger partial charge in [0.25, 0.3) is 5.91 Å². The maximum absolute atomic E-state index is 11.5. The molecule has 0 spiro atoms. The highest BCUT2D eigenvalue weighted by Crippen LogP contribution is 2.12. The van der Waals surface area contributed by atoms with E-state index >= 15 is 0 Å². The Balaban J connectivity index is 2.85. The molecule has 80 valence electrons. The summed E-state index contributed by atoms with van der Waals surface area (Å²) in [5.74, 6) is 0.0731. The van der Waals surface area contributed by atoms with E-state index in [0.717, 1.165) is 0 Å². The van der Waals surface area contributed by atoms with Gasteiger partial charge in [-0.15, -0.1) is 0 Å². The number of hydrogen-bond acceptors (Lipinski definition) is 4. The van der Waals surface area contributed by atoms with Crippen molar-refractivity contribution in [2.75, 3.05) is 12.4 Å². The van der Waals surface area contributed by atoms with E-state index in [4.69, 9.17) is 10.00 Å². The SMILES string of the molecule is COC(C)C(=O)Nc1c(C#N)cnn1C. The lowest BCUT2D eigenvalue weighted by Crippen LogP contribution is -2.27. The first kappa shape index (κ1) is 11.2. The minimum Gasteiger partial charge on any atom is -0.372 e. The Hall–Kier alpha value is -1.87. The van der Waals surface area contributed by atoms with Crippen LogP contribution in [0.4, 0.5) is 5.82 Å². The van der Waals surface area contributed by atoms with E-state index in [9.17, 15) is 4.79 Å². The van der Waals surface area contributed by atoms with E-state index in [1.807, 2.05) is 6.07 Å². The van der Waals surface area contributed by atoms with Gasteiger partial charge in [-0.25, -0.2) is 0 Å². The molecule has 1 amide bonds. The van der Waals surface area contributed by atoms with E-state index in [0.29, 0.717) is 11.4 Å². The van der Waals surface area contributed by atoms with Crippen LogP contribution >= 0.6 is 0 Å². The minimum absolute atomic E-state index is 0.308. The van der Waals surface area contributed by atoms with Gasteiger partial charge in [-0.3, -0.25) is 9.48 Å². The summed E-state index contributed by atoms with van der Waals surface area (Å²) in [7, 11) is 3.09. The van der Waals surface area contributed by atoms with Gasteiger partial charge in [0.15, 0.2) is 0 Å². The topological polar surface area (TPSA) is 79.9 Å². The fourth-order valence-electron chi connectivity index (χ4n) is 0.993. The maximum atomic E-state index is 11.5. The van der Waals surface area contributed by atoms with Crippen molar-refractivity contribution in [3.63, 3.8) is 0 Å². The Morgan fingerprint density at radius 2 is 2.47 bits per heavy atom. The number of ether oxygens (including phenoxy) is 1. The number of carbonyl (C=O) groups excluding carboxylic acids is 1. The molecule has 0 radical (unpaired) electrons. The number of aryl methyl sites for hydroxylation is 1. The molecule has 0 aromatic carbocycles. The highest BCUT2D eigenvalue weighted by atomic mass is 16.5. The number of hydrogen-bond donors (Lipinski definition) is 1. The van der Waals surface area contributed by atoms with Crippen LogP contribution in [0.15, 0.2) is 6.20 Å². The second kappa shape index (κ2) is 4.57. The van der Waals surface area contributed by atoms with E-state index in [2.05, 4.69) is 10.4 Å². The molecule has 1 aromatic rings. The molecule has 1 N–H and O–H groups in total. The third-order valence-electron chi connectivity index (χ3n) is 2.02. The number of rotatable bonds is 3. The number of carbonyl (C=O) groups is 1. The fraction of sp³-hybridized carbons (Fsp3) is 0.444. The number of nitriles is 1. The van der Waals surface area contributed by atoms with Crippen LogP contribution in [0.5, 0.6) is 0 Å². The van der Waals surface area contributed by atoms with Crippen LogP contribution in [0.25, 0.3) is 0 Å². The van der Waals surface area contributed by atoms with Crippen molar-refractivity contribution < 1.29 is 9.53 Å². The Morgan fingerprint density at radius 1 is 1.80 bits per heavy atom. The van der Waals surface area contributed by atoms with Gasteiger partial charge in [-0.1, -0.05) is 0 Å². The largest absolute Gasteiger partial charge is 0.372 e. The smallest absolute Gasteiger partial charge is 0.254 e. The van der Waals surface area contributed by atoms with Crippen molar-refractivity contribution in [1.82, 2.24) is 9.78 Å². The molecule has 0 bridgehead atoms. The standard InChI is InChI=1S/C9H12N4O2/c1-6(15-3)9(14)12-8-7(4-10)5-11-13(8)2/h5-6H,1-3H3,(H,12,14). The number of aromatic nitrogens is 2. The van der Waals surface area contributed by atoms with E-state index in [-0.39, 0.29) is 5.91 Å². The summed E-state index contributed by atoms with van der Waals surface area (Å²) in [5, 5.41) is 15.2. The molecule has 1 unspecified atom stereocenters. The molecular formula is C9H12N4O2. The highest BCUT2D eigenvalue weighted by molar-refractivity contribution is 5.94. The lowest BCUT2D eigenvalue weighted by atomic mass is 10.3. The third-order valence-corrected chi connectivity index (χ3v) is 2.02. The molecule has 0 saturated carbocycles. The van der Waals surface area contributed by atoms with Crippen LogP contribution in [-0.2, 0) is 16.6 Å². The molecule has 15 heavy (non-hydrogen) atoms. The van der Waals surface area contributed by atoms with Crippen molar-refractivity contribution in [3.05, 3.63) is 11.8 Å². The summed E-state index contributed by atoms with van der Waals surface area (Å²) < 4.78 is 6.28. The predicted molar refractivity (Wildman–Crippen MR) is 53.0 cm³/mol. The molecule has 0 fully saturated rings. The minimum atomic E-state index is -0.563. The molecule has 6 nitrogen and oxygen atoms in total. The zero-order valence-electron chi connectivity index (χ0n) is 8.81. The predicted octanol–water partition coefficient (Wildman–Crippen LogP) is 0.265. The van der Waals surface area contributed by atoms with Crippen LogP contribution in [0.3, 0.4) is 0 Å². The van der Waals surface area contributed by atoms with Crippen molar-refractivity contribution in [1.29, 1.82) is 5.26 Å². The third kappa shape index (κ3) is 2.33. The van der Waals surface area contributed by atoms with Gasteiger partial charge in [-0.2, -0.15) is 10.4 Å². The zero-order chi connectivity index (χ0) is 11.4. The molecule has 1 aromatic heterocycles. The van der Waals surface area contributed by atoms with Gasteiger partial charge in [0, 0.05) is 14.2 Å². The first-order chi connectivity index (χ1) is 7.10. The maximum Gasteiger partial charge on any atom is 0.254 e. The molecule has 1 heterocycles. The number of nitrogens with one attached hydrogen (secondary N) is 1. The Morgan fingerprint density at radius 3 is 3.00 bits per heavy atom. The number of anilines is 1. The quantitative estimate of drug-likeness (QED) is 0.772. The van der Waals surface area contributed by atoms with Gasteiger partial charge >= 0.3 is 0 Å². The van der Waals surface area contributed by atoms with Gasteiger partial charge in [0.05, 0.1) is 6.20 Å². The molecule has 6 heteroatoms. The molecule has 1 rings (SSSR count). The Bertz CT molecular complexity index is 405. The van der Waals surface area contributed by atoms with Crippen molar-refractivity contribution >= 4 is 11.7 Å². The van der Waals surface area contributed by atoms with Crippen LogP contribution in [0, 0.1) is 11.3 Å². The summed E-state index contributed by atoms with van der Waals surface area (Å²) in [6.07, 6.45) is 0.832. The Labute approximate surface area is 87.4 Å². The van der Waals surface area contributed by atoms with Gasteiger partial charge in [-0.05, 0) is 6.92 Å². The Kier molecular flexibility index (Phi) is 3.42. The van der Waals surface area contributed by atoms with Gasteiger partial charge in [0.2, 0.25) is 0 Å². The first-order valence-corrected chi connectivity index (χ1v) is 4.36. The molecule has 0 saturated heterocycles. The number of nitrogens with zero attached hydrogens (tertiary/aromatic N) is 3. The van der Waals surface area contributed by atoms with Crippen molar-refractivity contribution in [2.24, 2.45) is 7.05 Å². The van der Waals surface area contributed by atoms with E-state index in [1.54, 1.807) is 14.0 Å². The lowest BCUT2D eigenvalue weighted by molar-refractivity contribution is -0.124. The number of methoxy groups -OCH3 is 1.